The smallest absolute Gasteiger partial charge is 0.389 e. The van der Waals surface area contributed by atoms with Crippen LogP contribution in [0, 0.1) is 0 Å². The highest BCUT2D eigenvalue weighted by Gasteiger charge is 2.26. The summed E-state index contributed by atoms with van der Waals surface area (Å²) in [5.41, 5.74) is 0.818. The van der Waals surface area contributed by atoms with Crippen LogP contribution in [0.1, 0.15) is 39.2 Å². The first-order chi connectivity index (χ1) is 10.6. The van der Waals surface area contributed by atoms with Crippen LogP contribution in [0.25, 0.3) is 0 Å². The van der Waals surface area contributed by atoms with Crippen molar-refractivity contribution >= 4 is 17.4 Å². The normalized spacial score (nSPS) is 14.2. The van der Waals surface area contributed by atoms with E-state index in [0.717, 1.165) is 5.56 Å². The molecule has 0 fully saturated rings. The van der Waals surface area contributed by atoms with Crippen LogP contribution >= 0.6 is 0 Å². The summed E-state index contributed by atoms with van der Waals surface area (Å²) in [5.74, 6) is 0.752. The first kappa shape index (κ1) is 19.8. The van der Waals surface area contributed by atoms with Crippen LogP contribution in [0.2, 0.25) is 0 Å². The molecule has 1 aromatic rings. The molecule has 23 heavy (non-hydrogen) atoms. The van der Waals surface area contributed by atoms with Crippen molar-refractivity contribution in [3.63, 3.8) is 0 Å². The van der Waals surface area contributed by atoms with Gasteiger partial charge in [0.1, 0.15) is 10.5 Å². The second kappa shape index (κ2) is 8.59. The number of alkyl halides is 3. The van der Waals surface area contributed by atoms with Crippen molar-refractivity contribution in [3.05, 3.63) is 29.8 Å². The molecule has 0 N–H and O–H groups in total. The Morgan fingerprint density at radius 3 is 2.30 bits per heavy atom. The second-order valence-corrected chi connectivity index (χ2v) is 8.21. The summed E-state index contributed by atoms with van der Waals surface area (Å²) in [5, 5.41) is 0. The number of benzene rings is 1. The Morgan fingerprint density at radius 2 is 1.78 bits per heavy atom. The molecule has 0 aromatic heterocycles. The number of hydrogen-bond acceptors (Lipinski definition) is 3. The van der Waals surface area contributed by atoms with Crippen molar-refractivity contribution in [1.82, 2.24) is 0 Å². The van der Waals surface area contributed by atoms with Gasteiger partial charge in [0.15, 0.2) is 5.88 Å². The molecule has 0 aliphatic rings. The summed E-state index contributed by atoms with van der Waals surface area (Å²) in [7, 11) is 0. The number of rotatable bonds is 7. The maximum absolute atomic E-state index is 12.0. The van der Waals surface area contributed by atoms with Crippen molar-refractivity contribution in [2.45, 2.75) is 44.5 Å². The maximum atomic E-state index is 12.0. The van der Waals surface area contributed by atoms with Gasteiger partial charge in [0.2, 0.25) is 0 Å². The zero-order chi connectivity index (χ0) is 17.5. The van der Waals surface area contributed by atoms with E-state index < -0.39 is 23.8 Å². The van der Waals surface area contributed by atoms with Gasteiger partial charge < -0.3 is 9.29 Å². The summed E-state index contributed by atoms with van der Waals surface area (Å²) in [6.07, 6.45) is -3.43. The van der Waals surface area contributed by atoms with E-state index in [0.29, 0.717) is 5.75 Å². The minimum atomic E-state index is -4.14. The zero-order valence-electron chi connectivity index (χ0n) is 13.5. The molecule has 130 valence electrons. The van der Waals surface area contributed by atoms with Crippen molar-refractivity contribution in [3.8, 4) is 5.75 Å². The van der Waals surface area contributed by atoms with Gasteiger partial charge in [-0.15, -0.1) is 0 Å². The van der Waals surface area contributed by atoms with Gasteiger partial charge in [-0.25, -0.2) is 4.99 Å². The highest BCUT2D eigenvalue weighted by Crippen LogP contribution is 2.21. The topological polar surface area (TPSA) is 44.7 Å². The van der Waals surface area contributed by atoms with Gasteiger partial charge in [-0.2, -0.15) is 13.2 Å². The number of aliphatic imine (C=N–C) groups is 1. The second-order valence-electron chi connectivity index (χ2n) is 6.03. The van der Waals surface area contributed by atoms with Crippen molar-refractivity contribution in [1.29, 1.82) is 0 Å². The third kappa shape index (κ3) is 8.86. The first-order valence-corrected chi connectivity index (χ1v) is 8.58. The standard InChI is InChI=1S/C16H22F3NO2S/c1-15(2,3)23(21)12-20-11-13-5-7-14(8-6-13)22-10-4-9-16(17,18)19/h5-8,11H,4,9-10,12H2,1-3H3/b20-11+/t23-/m1/s1. The highest BCUT2D eigenvalue weighted by molar-refractivity contribution is 7.92. The summed E-state index contributed by atoms with van der Waals surface area (Å²) in [6, 6.07) is 6.86. The Morgan fingerprint density at radius 1 is 1.17 bits per heavy atom. The summed E-state index contributed by atoms with van der Waals surface area (Å²) in [4.78, 5) is 4.15. The van der Waals surface area contributed by atoms with Crippen LogP contribution < -0.4 is 4.74 Å². The van der Waals surface area contributed by atoms with Crippen LogP contribution in [0.4, 0.5) is 13.2 Å². The molecule has 0 amide bonds. The van der Waals surface area contributed by atoms with Gasteiger partial charge in [0.25, 0.3) is 0 Å². The Kier molecular flexibility index (Phi) is 7.41. The van der Waals surface area contributed by atoms with E-state index >= 15 is 0 Å². The summed E-state index contributed by atoms with van der Waals surface area (Å²) in [6.45, 7) is 5.70. The molecule has 0 saturated heterocycles. The van der Waals surface area contributed by atoms with Gasteiger partial charge in [-0.1, -0.05) is 0 Å². The predicted molar refractivity (Wildman–Crippen MR) is 87.6 cm³/mol. The maximum Gasteiger partial charge on any atom is 0.389 e. The molecular formula is C16H22F3NO2S. The third-order valence-corrected chi connectivity index (χ3v) is 4.62. The van der Waals surface area contributed by atoms with Crippen molar-refractivity contribution in [2.24, 2.45) is 4.99 Å². The van der Waals surface area contributed by atoms with E-state index in [1.807, 2.05) is 20.8 Å². The molecule has 0 spiro atoms. The minimum Gasteiger partial charge on any atom is -0.614 e. The lowest BCUT2D eigenvalue weighted by molar-refractivity contribution is -0.136. The highest BCUT2D eigenvalue weighted by atomic mass is 32.2. The summed E-state index contributed by atoms with van der Waals surface area (Å²) < 4.78 is 52.7. The lowest BCUT2D eigenvalue weighted by Crippen LogP contribution is -2.29. The third-order valence-electron chi connectivity index (χ3n) is 2.87. The summed E-state index contributed by atoms with van der Waals surface area (Å²) >= 11 is -1.04. The van der Waals surface area contributed by atoms with Gasteiger partial charge in [-0.05, 0) is 68.2 Å². The largest absolute Gasteiger partial charge is 0.614 e. The number of hydrogen-bond donors (Lipinski definition) is 0. The van der Waals surface area contributed by atoms with E-state index in [1.54, 1.807) is 30.5 Å². The molecule has 0 saturated carbocycles. The molecule has 7 heteroatoms. The van der Waals surface area contributed by atoms with Crippen LogP contribution in [-0.2, 0) is 11.2 Å². The number of ether oxygens (including phenoxy) is 1. The first-order valence-electron chi connectivity index (χ1n) is 7.26. The molecular weight excluding hydrogens is 327 g/mol. The molecule has 3 nitrogen and oxygen atoms in total. The van der Waals surface area contributed by atoms with Gasteiger partial charge >= 0.3 is 6.18 Å². The lowest BCUT2D eigenvalue weighted by atomic mass is 10.2. The molecule has 0 aliphatic carbocycles. The number of nitrogens with zero attached hydrogens (tertiary/aromatic N) is 1. The molecule has 0 unspecified atom stereocenters. The van der Waals surface area contributed by atoms with Gasteiger partial charge in [-0.3, -0.25) is 0 Å². The van der Waals surface area contributed by atoms with E-state index in [-0.39, 0.29) is 23.7 Å². The molecule has 0 heterocycles. The van der Waals surface area contributed by atoms with Crippen molar-refractivity contribution in [2.75, 3.05) is 12.5 Å². The monoisotopic (exact) mass is 349 g/mol. The number of halogens is 3. The Hall–Kier alpha value is -1.21. The quantitative estimate of drug-likeness (QED) is 0.418. The van der Waals surface area contributed by atoms with Gasteiger partial charge in [0.05, 0.1) is 6.61 Å². The van der Waals surface area contributed by atoms with Crippen LogP contribution in [-0.4, -0.2) is 34.2 Å². The average Bonchev–Trinajstić information content (AvgIpc) is 2.43. The zero-order valence-corrected chi connectivity index (χ0v) is 14.3. The molecule has 0 aliphatic heterocycles. The van der Waals surface area contributed by atoms with Gasteiger partial charge in [0, 0.05) is 12.6 Å². The minimum absolute atomic E-state index is 0.0253. The Balaban J connectivity index is 2.39. The SMILES string of the molecule is CC(C)(C)[S@+]([O-])C/N=C/c1ccc(OCCCC(F)(F)F)cc1. The molecule has 1 aromatic carbocycles. The molecule has 0 bridgehead atoms. The average molecular weight is 349 g/mol. The predicted octanol–water partition coefficient (Wildman–Crippen LogP) is 4.33. The van der Waals surface area contributed by atoms with Crippen LogP contribution in [0.5, 0.6) is 5.75 Å². The lowest BCUT2D eigenvalue weighted by Gasteiger charge is -2.22. The fraction of sp³-hybridized carbons (Fsp3) is 0.562. The fourth-order valence-corrected chi connectivity index (χ4v) is 2.11. The Labute approximate surface area is 138 Å². The Bertz CT molecular complexity index is 496. The molecule has 1 atom stereocenters. The molecule has 1 rings (SSSR count). The van der Waals surface area contributed by atoms with E-state index in [9.17, 15) is 17.7 Å². The van der Waals surface area contributed by atoms with Crippen LogP contribution in [0.3, 0.4) is 0 Å². The van der Waals surface area contributed by atoms with Crippen molar-refractivity contribution < 1.29 is 22.5 Å². The van der Waals surface area contributed by atoms with E-state index in [4.69, 9.17) is 4.74 Å². The van der Waals surface area contributed by atoms with E-state index in [1.165, 1.54) is 0 Å². The fourth-order valence-electron chi connectivity index (χ4n) is 1.52. The molecule has 0 radical (unpaired) electrons. The van der Waals surface area contributed by atoms with Crippen LogP contribution in [0.15, 0.2) is 29.3 Å². The van der Waals surface area contributed by atoms with E-state index in [2.05, 4.69) is 4.99 Å².